The number of morpholine rings is 1. The number of aromatic nitrogens is 3. The predicted octanol–water partition coefficient (Wildman–Crippen LogP) is 3.01. The van der Waals surface area contributed by atoms with Gasteiger partial charge in [-0.2, -0.15) is 0 Å². The zero-order valence-electron chi connectivity index (χ0n) is 18.2. The van der Waals surface area contributed by atoms with Crippen LogP contribution >= 0.6 is 11.3 Å². The molecule has 2 aliphatic rings. The van der Waals surface area contributed by atoms with Crippen molar-refractivity contribution in [3.8, 4) is 17.1 Å². The van der Waals surface area contributed by atoms with Crippen LogP contribution in [-0.2, 0) is 16.1 Å². The fraction of sp³-hybridized carbons (Fsp3) is 0.348. The Morgan fingerprint density at radius 3 is 2.64 bits per heavy atom. The molecule has 1 amide bonds. The van der Waals surface area contributed by atoms with E-state index in [0.29, 0.717) is 5.13 Å². The summed E-state index contributed by atoms with van der Waals surface area (Å²) in [5.41, 5.74) is 15.3. The molecule has 10 heteroatoms. The first-order chi connectivity index (χ1) is 16.2. The van der Waals surface area contributed by atoms with E-state index in [1.807, 2.05) is 6.07 Å². The number of carbonyl (C=O) groups excluding carboxylic acids is 1. The van der Waals surface area contributed by atoms with Crippen molar-refractivity contribution in [1.29, 1.82) is 0 Å². The number of fused-ring (bicyclic) bond motifs is 1. The van der Waals surface area contributed by atoms with E-state index >= 15 is 0 Å². The lowest BCUT2D eigenvalue weighted by Crippen LogP contribution is -2.36. The molecule has 4 heterocycles. The fourth-order valence-corrected chi connectivity index (χ4v) is 5.18. The molecule has 4 N–H and O–H groups in total. The molecule has 0 radical (unpaired) electrons. The number of amides is 1. The minimum absolute atomic E-state index is 0.250. The minimum Gasteiger partial charge on any atom is -0.491 e. The molecule has 0 aliphatic carbocycles. The summed E-state index contributed by atoms with van der Waals surface area (Å²) < 4.78 is 15.1. The number of nitrogens with two attached hydrogens (primary N) is 2. The number of rotatable bonds is 2. The number of hydrogen-bond acceptors (Lipinski definition) is 8. The van der Waals surface area contributed by atoms with Crippen LogP contribution < -0.4 is 21.1 Å². The Balaban J connectivity index is 0.000000724. The third kappa shape index (κ3) is 4.19. The Morgan fingerprint density at radius 1 is 1.00 bits per heavy atom. The smallest absolute Gasteiger partial charge is 0.204 e. The molecule has 1 saturated heterocycles. The van der Waals surface area contributed by atoms with Crippen LogP contribution in [0.1, 0.15) is 12.8 Å². The molecule has 0 atom stereocenters. The molecular formula is C23H26N6O3S. The average molecular weight is 467 g/mol. The van der Waals surface area contributed by atoms with Gasteiger partial charge >= 0.3 is 0 Å². The number of nitrogens with zero attached hydrogens (tertiary/aromatic N) is 4. The number of nitrogen functional groups attached to an aromatic ring is 1. The second-order valence-corrected chi connectivity index (χ2v) is 8.99. The Labute approximate surface area is 194 Å². The number of benzene rings is 2. The maximum atomic E-state index is 8.58. The number of carbonyl (C=O) groups is 1. The van der Waals surface area contributed by atoms with Crippen LogP contribution in [0.15, 0.2) is 30.3 Å². The number of hydrogen-bond donors (Lipinski definition) is 2. The number of anilines is 2. The summed E-state index contributed by atoms with van der Waals surface area (Å²) in [6, 6.07) is 10.6. The van der Waals surface area contributed by atoms with Crippen molar-refractivity contribution in [2.75, 3.05) is 43.5 Å². The van der Waals surface area contributed by atoms with Crippen LogP contribution in [0.3, 0.4) is 0 Å². The van der Waals surface area contributed by atoms with Gasteiger partial charge in [0.2, 0.25) is 6.41 Å². The van der Waals surface area contributed by atoms with Crippen LogP contribution in [0.25, 0.3) is 32.6 Å². The molecule has 0 spiro atoms. The van der Waals surface area contributed by atoms with Gasteiger partial charge in [0, 0.05) is 37.0 Å². The van der Waals surface area contributed by atoms with Gasteiger partial charge in [-0.05, 0) is 37.1 Å². The van der Waals surface area contributed by atoms with Crippen LogP contribution in [-0.4, -0.2) is 53.9 Å². The lowest BCUT2D eigenvalue weighted by atomic mass is 10.2. The van der Waals surface area contributed by atoms with Gasteiger partial charge in [-0.1, -0.05) is 11.3 Å². The lowest BCUT2D eigenvalue weighted by molar-refractivity contribution is -0.106. The third-order valence-corrected chi connectivity index (χ3v) is 6.71. The van der Waals surface area contributed by atoms with Crippen LogP contribution in [0.2, 0.25) is 0 Å². The highest BCUT2D eigenvalue weighted by atomic mass is 32.1. The third-order valence-electron chi connectivity index (χ3n) is 5.86. The molecule has 6 rings (SSSR count). The summed E-state index contributed by atoms with van der Waals surface area (Å²) in [4.78, 5) is 20.4. The number of aryl methyl sites for hydroxylation is 1. The topological polar surface area (TPSA) is 122 Å². The Kier molecular flexibility index (Phi) is 6.01. The lowest BCUT2D eigenvalue weighted by Gasteiger charge is -2.29. The first-order valence-electron chi connectivity index (χ1n) is 11.0. The Hall–Kier alpha value is -3.37. The molecule has 4 aromatic rings. The molecule has 2 aliphatic heterocycles. The van der Waals surface area contributed by atoms with Crippen molar-refractivity contribution in [1.82, 2.24) is 14.5 Å². The predicted molar refractivity (Wildman–Crippen MR) is 131 cm³/mol. The summed E-state index contributed by atoms with van der Waals surface area (Å²) in [7, 11) is 0. The van der Waals surface area contributed by atoms with Crippen molar-refractivity contribution in [2.24, 2.45) is 5.73 Å². The summed E-state index contributed by atoms with van der Waals surface area (Å²) in [5, 5.41) is 0.593. The van der Waals surface area contributed by atoms with Gasteiger partial charge < -0.3 is 30.4 Å². The van der Waals surface area contributed by atoms with Crippen molar-refractivity contribution in [3.63, 3.8) is 0 Å². The Morgan fingerprint density at radius 2 is 1.82 bits per heavy atom. The molecule has 172 valence electrons. The molecule has 9 nitrogen and oxygen atoms in total. The van der Waals surface area contributed by atoms with Gasteiger partial charge in [0.05, 0.1) is 35.6 Å². The second-order valence-electron chi connectivity index (χ2n) is 7.92. The van der Waals surface area contributed by atoms with Crippen LogP contribution in [0.5, 0.6) is 5.75 Å². The number of ether oxygens (including phenoxy) is 2. The van der Waals surface area contributed by atoms with E-state index in [0.717, 1.165) is 96.4 Å². The quantitative estimate of drug-likeness (QED) is 0.436. The van der Waals surface area contributed by atoms with E-state index < -0.39 is 0 Å². The second kappa shape index (κ2) is 9.24. The summed E-state index contributed by atoms with van der Waals surface area (Å²) in [6.45, 7) is 4.97. The maximum absolute atomic E-state index is 8.58. The molecule has 1 fully saturated rings. The SMILES string of the molecule is NC=O.Nc1nc2ccc(-c3nc4cc(N5CCOCC5)cc5c4n3CCCCO5)cc2s1. The molecule has 33 heavy (non-hydrogen) atoms. The molecule has 2 aromatic carbocycles. The van der Waals surface area contributed by atoms with Crippen molar-refractivity contribution < 1.29 is 14.3 Å². The molecule has 2 aromatic heterocycles. The highest BCUT2D eigenvalue weighted by Crippen LogP contribution is 2.38. The van der Waals surface area contributed by atoms with Gasteiger partial charge in [-0.3, -0.25) is 4.79 Å². The molecule has 0 unspecified atom stereocenters. The highest BCUT2D eigenvalue weighted by Gasteiger charge is 2.22. The standard InChI is InChI=1S/C22H23N5O2S.CH3NO/c23-22-25-16-4-3-14(11-19(16)30-22)21-24-17-12-15(26-6-9-28-10-7-26)13-18-20(17)27(21)5-1-2-8-29-18;2-1-3/h3-4,11-13H,1-2,5-10H2,(H2,23,25);1H,(H2,2,3). The molecule has 0 saturated carbocycles. The van der Waals surface area contributed by atoms with Crippen molar-refractivity contribution in [2.45, 2.75) is 19.4 Å². The van der Waals surface area contributed by atoms with Gasteiger partial charge in [-0.25, -0.2) is 9.97 Å². The number of imidazole rings is 1. The summed E-state index contributed by atoms with van der Waals surface area (Å²) >= 11 is 1.51. The highest BCUT2D eigenvalue weighted by molar-refractivity contribution is 7.22. The number of thiazole rings is 1. The first kappa shape index (κ1) is 21.5. The van der Waals surface area contributed by atoms with Crippen molar-refractivity contribution >= 4 is 49.8 Å². The van der Waals surface area contributed by atoms with E-state index in [1.165, 1.54) is 11.3 Å². The van der Waals surface area contributed by atoms with Gasteiger partial charge in [-0.15, -0.1) is 0 Å². The Bertz CT molecular complexity index is 1290. The summed E-state index contributed by atoms with van der Waals surface area (Å²) in [5.74, 6) is 1.90. The fourth-order valence-electron chi connectivity index (χ4n) is 4.40. The average Bonchev–Trinajstić information content (AvgIpc) is 3.36. The van der Waals surface area contributed by atoms with E-state index in [9.17, 15) is 0 Å². The van der Waals surface area contributed by atoms with Crippen molar-refractivity contribution in [3.05, 3.63) is 30.3 Å². The zero-order chi connectivity index (χ0) is 22.8. The maximum Gasteiger partial charge on any atom is 0.204 e. The van der Waals surface area contributed by atoms with E-state index in [-0.39, 0.29) is 6.41 Å². The van der Waals surface area contributed by atoms with Gasteiger partial charge in [0.1, 0.15) is 17.1 Å². The van der Waals surface area contributed by atoms with E-state index in [2.05, 4.69) is 44.5 Å². The normalized spacial score (nSPS) is 15.9. The monoisotopic (exact) mass is 466 g/mol. The van der Waals surface area contributed by atoms with Crippen LogP contribution in [0, 0.1) is 0 Å². The van der Waals surface area contributed by atoms with Gasteiger partial charge in [0.15, 0.2) is 5.13 Å². The number of primary amides is 1. The molecular weight excluding hydrogens is 440 g/mol. The zero-order valence-corrected chi connectivity index (χ0v) is 19.0. The first-order valence-corrected chi connectivity index (χ1v) is 11.8. The van der Waals surface area contributed by atoms with Crippen LogP contribution in [0.4, 0.5) is 10.8 Å². The van der Waals surface area contributed by atoms with Gasteiger partial charge in [0.25, 0.3) is 0 Å². The molecule has 0 bridgehead atoms. The largest absolute Gasteiger partial charge is 0.491 e. The minimum atomic E-state index is 0.250. The van der Waals surface area contributed by atoms with E-state index in [4.69, 9.17) is 25.0 Å². The summed E-state index contributed by atoms with van der Waals surface area (Å²) in [6.07, 6.45) is 2.35. The van der Waals surface area contributed by atoms with E-state index in [1.54, 1.807) is 0 Å².